The second-order valence-corrected chi connectivity index (χ2v) is 9.53. The van der Waals surface area contributed by atoms with Gasteiger partial charge in [-0.1, -0.05) is 0 Å². The smallest absolute Gasteiger partial charge is 0.547 e. The first kappa shape index (κ1) is 63.9. The monoisotopic (exact) mass is 975 g/mol. The van der Waals surface area contributed by atoms with E-state index in [1.54, 1.807) is 0 Å². The molecule has 0 saturated heterocycles. The maximum absolute atomic E-state index is 10.1. The second-order valence-electron chi connectivity index (χ2n) is 9.53. The summed E-state index contributed by atoms with van der Waals surface area (Å²) in [5.74, 6) is -7.54. The summed E-state index contributed by atoms with van der Waals surface area (Å²) in [7, 11) is 0. The molecule has 0 fully saturated rings. The first-order valence-electron chi connectivity index (χ1n) is 13.2. The first-order chi connectivity index (χ1) is 23.7. The van der Waals surface area contributed by atoms with Crippen LogP contribution in [0.15, 0.2) is 0 Å². The van der Waals surface area contributed by atoms with Gasteiger partial charge >= 0.3 is 60.8 Å². The number of carbonyl (C=O) groups excluding carboxylic acids is 6. The van der Waals surface area contributed by atoms with E-state index in [1.165, 1.54) is 0 Å². The maximum Gasteiger partial charge on any atom is 2.00 e. The van der Waals surface area contributed by atoms with Gasteiger partial charge in [0.25, 0.3) is 0 Å². The average Bonchev–Trinajstić information content (AvgIpc) is 3.12. The van der Waals surface area contributed by atoms with Crippen molar-refractivity contribution in [3.05, 3.63) is 0 Å². The van der Waals surface area contributed by atoms with Crippen molar-refractivity contribution in [2.75, 3.05) is 0 Å². The van der Waals surface area contributed by atoms with Crippen LogP contribution in [0.2, 0.25) is 0 Å². The summed E-state index contributed by atoms with van der Waals surface area (Å²) >= 11 is 0. The molecular weight excluding hydrogens is 937 g/mol. The molecule has 0 rings (SSSR count). The molecule has 315 valence electrons. The zero-order valence-electron chi connectivity index (χ0n) is 26.7. The van der Waals surface area contributed by atoms with E-state index in [9.17, 15) is 48.6 Å². The van der Waals surface area contributed by atoms with Crippen LogP contribution in [0.1, 0.15) is 0 Å². The number of hydrogen-bond acceptors (Lipinski definition) is 26. The van der Waals surface area contributed by atoms with Crippen molar-refractivity contribution in [3.8, 4) is 0 Å². The van der Waals surface area contributed by atoms with Crippen LogP contribution in [0.3, 0.4) is 0 Å². The molecule has 0 aliphatic heterocycles. The van der Waals surface area contributed by atoms with Gasteiger partial charge in [0.2, 0.25) is 0 Å². The van der Waals surface area contributed by atoms with Gasteiger partial charge in [0.15, 0.2) is 37.4 Å². The summed E-state index contributed by atoms with van der Waals surface area (Å²) in [5, 5.41) is 176. The van der Waals surface area contributed by atoms with Gasteiger partial charge < -0.3 is 131 Å². The van der Waals surface area contributed by atoms with E-state index in [0.29, 0.717) is 0 Å². The third-order valence-electron chi connectivity index (χ3n) is 5.64. The Morgan fingerprint density at radius 2 is 0.500 bits per heavy atom. The van der Waals surface area contributed by atoms with Crippen molar-refractivity contribution >= 4 is 97.9 Å². The van der Waals surface area contributed by atoms with Crippen LogP contribution >= 0.6 is 0 Å². The van der Waals surface area contributed by atoms with E-state index in [4.69, 9.17) is 91.9 Å². The molecular formula is C24H38BaCuO28. The second kappa shape index (κ2) is 33.2. The minimum Gasteiger partial charge on any atom is -0.547 e. The summed E-state index contributed by atoms with van der Waals surface area (Å²) in [6.45, 7) is 0. The van der Waals surface area contributed by atoms with Crippen molar-refractivity contribution < 1.29 is 158 Å². The van der Waals surface area contributed by atoms with Crippen molar-refractivity contribution in [1.29, 1.82) is 0 Å². The summed E-state index contributed by atoms with van der Waals surface area (Å²) in [5.41, 5.74) is 0. The van der Waals surface area contributed by atoms with Crippen LogP contribution in [-0.2, 0) is 55.4 Å². The molecule has 0 heterocycles. The molecule has 30 heteroatoms. The first-order valence-corrected chi connectivity index (χ1v) is 13.2. The van der Waals surface area contributed by atoms with Crippen LogP contribution in [0.5, 0.6) is 0 Å². The Morgan fingerprint density at radius 3 is 0.611 bits per heavy atom. The van der Waals surface area contributed by atoms with Crippen molar-refractivity contribution in [3.63, 3.8) is 0 Å². The predicted molar refractivity (Wildman–Crippen MR) is 151 cm³/mol. The number of rotatable bonds is 20. The van der Waals surface area contributed by atoms with Crippen molar-refractivity contribution in [1.82, 2.24) is 0 Å². The van der Waals surface area contributed by atoms with E-state index in [1.807, 2.05) is 0 Å². The Hall–Kier alpha value is -1.99. The number of aliphatic hydroxyl groups excluding tert-OH is 16. The molecule has 0 bridgehead atoms. The molecule has 16 atom stereocenters. The SMILES string of the molecule is O=C[C@H](O)[C@@H](O)[C@H](O)[C@H](O)C(=O)O.O=C[C@H](O)[C@@H](O)[C@H](O)[C@H](O)C(=O)O.O=C[C@H](O)[C@@H](O)[C@H](O)[C@H](O)C(=O)[O-].O=C[C@H](O)[C@@H](O)[C@H](O)[C@H](O)C(=O)[O-].[Ba+2].[Cu]. The van der Waals surface area contributed by atoms with Crippen LogP contribution in [-0.4, -0.2) is 287 Å². The van der Waals surface area contributed by atoms with Crippen LogP contribution < -0.4 is 10.2 Å². The summed E-state index contributed by atoms with van der Waals surface area (Å²) in [6.07, 6.45) is -34.1. The Bertz CT molecular complexity index is 948. The fraction of sp³-hybridized carbons (Fsp3) is 0.667. The topological polar surface area (TPSA) is 547 Å². The Balaban J connectivity index is -0.000000140. The van der Waals surface area contributed by atoms with Crippen molar-refractivity contribution in [2.24, 2.45) is 0 Å². The molecule has 0 saturated carbocycles. The van der Waals surface area contributed by atoms with Gasteiger partial charge in [-0.05, 0) is 0 Å². The number of carboxylic acids is 4. The Labute approximate surface area is 350 Å². The number of aliphatic hydroxyl groups is 16. The molecule has 0 aliphatic carbocycles. The molecule has 0 aromatic carbocycles. The maximum atomic E-state index is 10.1. The number of carbonyl (C=O) groups is 8. The Morgan fingerprint density at radius 1 is 0.352 bits per heavy atom. The number of aliphatic carboxylic acids is 4. The molecule has 28 nitrogen and oxygen atoms in total. The average molecular weight is 975 g/mol. The standard InChI is InChI=1S/4C6H10O7.Ba.Cu/c4*7-1-2(8)3(9)4(10)5(11)6(12)13;;/h4*1-5,8-11H,(H,12,13);;/q;;;;+2;/p-2/t4*2-,3+,4-,5-;;/m0000../s1. The summed E-state index contributed by atoms with van der Waals surface area (Å²) in [6, 6.07) is 0. The molecule has 0 aromatic rings. The zero-order chi connectivity index (χ0) is 42.4. The van der Waals surface area contributed by atoms with Crippen molar-refractivity contribution in [2.45, 2.75) is 97.7 Å². The van der Waals surface area contributed by atoms with Gasteiger partial charge in [0, 0.05) is 17.1 Å². The summed E-state index contributed by atoms with van der Waals surface area (Å²) in [4.78, 5) is 79.6. The fourth-order valence-corrected chi connectivity index (χ4v) is 2.45. The normalized spacial score (nSPS) is 19.3. The largest absolute Gasteiger partial charge is 2.00 e. The van der Waals surface area contributed by atoms with Gasteiger partial charge in [0.1, 0.15) is 85.5 Å². The number of aldehydes is 4. The van der Waals surface area contributed by atoms with Gasteiger partial charge in [-0.15, -0.1) is 0 Å². The third-order valence-corrected chi connectivity index (χ3v) is 5.64. The van der Waals surface area contributed by atoms with E-state index < -0.39 is 122 Å². The number of carboxylic acid groups (broad SMARTS) is 4. The molecule has 1 radical (unpaired) electrons. The molecule has 0 aliphatic rings. The molecule has 0 spiro atoms. The number of hydrogen-bond donors (Lipinski definition) is 18. The van der Waals surface area contributed by atoms with Crippen LogP contribution in [0.25, 0.3) is 0 Å². The van der Waals surface area contributed by atoms with E-state index in [-0.39, 0.29) is 91.1 Å². The Kier molecular flexibility index (Phi) is 39.3. The third kappa shape index (κ3) is 24.5. The minimum absolute atomic E-state index is 0. The quantitative estimate of drug-likeness (QED) is 0.0398. The van der Waals surface area contributed by atoms with Gasteiger partial charge in [-0.25, -0.2) is 9.59 Å². The minimum atomic E-state index is -2.36. The van der Waals surface area contributed by atoms with Gasteiger partial charge in [-0.3, -0.25) is 0 Å². The van der Waals surface area contributed by atoms with E-state index in [0.717, 1.165) is 0 Å². The molecule has 54 heavy (non-hydrogen) atoms. The van der Waals surface area contributed by atoms with Gasteiger partial charge in [-0.2, -0.15) is 0 Å². The molecule has 0 unspecified atom stereocenters. The predicted octanol–water partition coefficient (Wildman–Crippen LogP) is -16.2. The van der Waals surface area contributed by atoms with E-state index in [2.05, 4.69) is 0 Å². The fourth-order valence-electron chi connectivity index (χ4n) is 2.45. The van der Waals surface area contributed by atoms with E-state index >= 15 is 0 Å². The summed E-state index contributed by atoms with van der Waals surface area (Å²) < 4.78 is 0. The zero-order valence-corrected chi connectivity index (χ0v) is 32.1. The molecule has 18 N–H and O–H groups in total. The molecule has 0 amide bonds. The van der Waals surface area contributed by atoms with Crippen LogP contribution in [0.4, 0.5) is 0 Å². The van der Waals surface area contributed by atoms with Crippen LogP contribution in [0, 0.1) is 0 Å². The molecule has 0 aromatic heterocycles. The van der Waals surface area contributed by atoms with Gasteiger partial charge in [0.05, 0.1) is 11.9 Å².